The van der Waals surface area contributed by atoms with E-state index in [1.807, 2.05) is 12.1 Å². The number of nitrogens with two attached hydrogens (primary N) is 1. The van der Waals surface area contributed by atoms with E-state index < -0.39 is 11.9 Å². The lowest BCUT2D eigenvalue weighted by atomic mass is 9.82. The highest BCUT2D eigenvalue weighted by molar-refractivity contribution is 14.1. The summed E-state index contributed by atoms with van der Waals surface area (Å²) in [6.45, 7) is 3.56. The van der Waals surface area contributed by atoms with Gasteiger partial charge < -0.3 is 19.9 Å². The lowest BCUT2D eigenvalue weighted by molar-refractivity contribution is -0.139. The Bertz CT molecular complexity index is 825. The van der Waals surface area contributed by atoms with E-state index in [0.717, 1.165) is 7.14 Å². The van der Waals surface area contributed by atoms with E-state index in [1.165, 1.54) is 0 Å². The summed E-state index contributed by atoms with van der Waals surface area (Å²) in [4.78, 5) is 12.6. The second-order valence-electron chi connectivity index (χ2n) is 5.13. The Morgan fingerprint density at radius 3 is 2.68 bits per heavy atom. The van der Waals surface area contributed by atoms with E-state index in [0.29, 0.717) is 17.1 Å². The van der Waals surface area contributed by atoms with Crippen molar-refractivity contribution >= 4 is 51.2 Å². The van der Waals surface area contributed by atoms with Crippen LogP contribution in [-0.2, 0) is 14.3 Å². The molecule has 0 amide bonds. The van der Waals surface area contributed by atoms with Gasteiger partial charge in [0.25, 0.3) is 0 Å². The zero-order valence-electron chi connectivity index (χ0n) is 13.9. The van der Waals surface area contributed by atoms with Crippen LogP contribution in [0, 0.1) is 18.5 Å². The maximum absolute atomic E-state index is 12.6. The third-order valence-corrected chi connectivity index (χ3v) is 5.08. The Balaban J connectivity index is 2.78. The molecule has 2 rings (SSSR count). The van der Waals surface area contributed by atoms with Gasteiger partial charge >= 0.3 is 5.97 Å². The molecule has 1 atom stereocenters. The maximum atomic E-state index is 12.6. The number of allylic oxidation sites excluding steroid dienone is 2. The Hall–Kier alpha value is -1.48. The molecule has 0 aliphatic carbocycles. The molecule has 0 unspecified atom stereocenters. The first kappa shape index (κ1) is 19.8. The third kappa shape index (κ3) is 3.87. The summed E-state index contributed by atoms with van der Waals surface area (Å²) in [6, 6.07) is 5.88. The van der Waals surface area contributed by atoms with Crippen molar-refractivity contribution < 1.29 is 19.0 Å². The summed E-state index contributed by atoms with van der Waals surface area (Å²) in [6.07, 6.45) is 0. The number of rotatable bonds is 4. The van der Waals surface area contributed by atoms with Gasteiger partial charge in [-0.25, -0.2) is 4.79 Å². The van der Waals surface area contributed by atoms with E-state index in [1.54, 1.807) is 21.0 Å². The molecule has 8 heteroatoms. The van der Waals surface area contributed by atoms with Crippen LogP contribution in [0.25, 0.3) is 0 Å². The molecule has 1 aromatic carbocycles. The Morgan fingerprint density at radius 1 is 1.44 bits per heavy atom. The van der Waals surface area contributed by atoms with Gasteiger partial charge in [0.2, 0.25) is 5.88 Å². The highest BCUT2D eigenvalue weighted by atomic mass is 127. The molecule has 132 valence electrons. The van der Waals surface area contributed by atoms with Crippen LogP contribution in [0.2, 0.25) is 0 Å². The number of hydrogen-bond donors (Lipinski definition) is 1. The summed E-state index contributed by atoms with van der Waals surface area (Å²) in [5, 5.41) is 9.62. The second kappa shape index (κ2) is 8.27. The molecule has 0 saturated carbocycles. The van der Waals surface area contributed by atoms with Crippen molar-refractivity contribution in [1.29, 1.82) is 5.26 Å². The molecule has 0 bridgehead atoms. The largest absolute Gasteiger partial charge is 0.495 e. The Morgan fingerprint density at radius 2 is 2.12 bits per heavy atom. The molecule has 0 radical (unpaired) electrons. The van der Waals surface area contributed by atoms with Gasteiger partial charge in [0, 0.05) is 9.13 Å². The summed E-state index contributed by atoms with van der Waals surface area (Å²) in [7, 11) is 1.55. The molecule has 1 aromatic rings. The number of nitrogens with zero attached hydrogens (tertiary/aromatic N) is 1. The molecule has 2 N–H and O–H groups in total. The van der Waals surface area contributed by atoms with Crippen LogP contribution >= 0.6 is 45.2 Å². The first-order valence-corrected chi connectivity index (χ1v) is 9.49. The predicted octanol–water partition coefficient (Wildman–Crippen LogP) is 3.55. The summed E-state index contributed by atoms with van der Waals surface area (Å²) >= 11 is 4.33. The van der Waals surface area contributed by atoms with Crippen LogP contribution in [0.4, 0.5) is 0 Å². The molecular weight excluding hydrogens is 550 g/mol. The molecule has 6 nitrogen and oxygen atoms in total. The van der Waals surface area contributed by atoms with Gasteiger partial charge in [-0.3, -0.25) is 0 Å². The quantitative estimate of drug-likeness (QED) is 0.443. The number of esters is 1. The van der Waals surface area contributed by atoms with Crippen molar-refractivity contribution in [2.75, 3.05) is 13.7 Å². The van der Waals surface area contributed by atoms with Crippen LogP contribution in [-0.4, -0.2) is 19.7 Å². The first-order valence-electron chi connectivity index (χ1n) is 7.34. The lowest BCUT2D eigenvalue weighted by Gasteiger charge is -2.28. The number of benzene rings is 1. The highest BCUT2D eigenvalue weighted by Gasteiger charge is 2.38. The van der Waals surface area contributed by atoms with Gasteiger partial charge in [-0.1, -0.05) is 0 Å². The van der Waals surface area contributed by atoms with Crippen LogP contribution in [0.3, 0.4) is 0 Å². The fourth-order valence-electron chi connectivity index (χ4n) is 2.68. The zero-order chi connectivity index (χ0) is 18.7. The lowest BCUT2D eigenvalue weighted by Crippen LogP contribution is -2.26. The van der Waals surface area contributed by atoms with Crippen LogP contribution in [0.1, 0.15) is 25.3 Å². The monoisotopic (exact) mass is 566 g/mol. The molecule has 0 spiro atoms. The van der Waals surface area contributed by atoms with E-state index in [-0.39, 0.29) is 23.6 Å². The average molecular weight is 566 g/mol. The minimum Gasteiger partial charge on any atom is -0.495 e. The highest BCUT2D eigenvalue weighted by Crippen LogP contribution is 2.44. The zero-order valence-corrected chi connectivity index (χ0v) is 18.2. The van der Waals surface area contributed by atoms with Gasteiger partial charge in [-0.05, 0) is 71.2 Å². The van der Waals surface area contributed by atoms with E-state index in [9.17, 15) is 10.1 Å². The molecule has 25 heavy (non-hydrogen) atoms. The Labute approximate surface area is 173 Å². The number of nitriles is 1. The van der Waals surface area contributed by atoms with Crippen LogP contribution in [0.15, 0.2) is 34.9 Å². The van der Waals surface area contributed by atoms with Crippen LogP contribution < -0.4 is 10.5 Å². The molecule has 1 heterocycles. The minimum absolute atomic E-state index is 0.0195. The summed E-state index contributed by atoms with van der Waals surface area (Å²) in [5.74, 6) is -0.370. The van der Waals surface area contributed by atoms with Crippen LogP contribution in [0.5, 0.6) is 5.75 Å². The smallest absolute Gasteiger partial charge is 0.338 e. The van der Waals surface area contributed by atoms with Gasteiger partial charge in [0.1, 0.15) is 23.2 Å². The molecular formula is C17H16I2N2O4. The van der Waals surface area contributed by atoms with Crippen molar-refractivity contribution in [3.05, 3.63) is 47.6 Å². The maximum Gasteiger partial charge on any atom is 0.338 e. The van der Waals surface area contributed by atoms with Gasteiger partial charge in [0.05, 0.1) is 28.8 Å². The van der Waals surface area contributed by atoms with Gasteiger partial charge in [-0.2, -0.15) is 5.26 Å². The van der Waals surface area contributed by atoms with E-state index in [4.69, 9.17) is 19.9 Å². The number of methoxy groups -OCH3 is 1. The fraction of sp³-hybridized carbons (Fsp3) is 0.294. The molecule has 0 fully saturated rings. The topological polar surface area (TPSA) is 94.6 Å². The van der Waals surface area contributed by atoms with Crippen molar-refractivity contribution in [3.8, 4) is 11.8 Å². The summed E-state index contributed by atoms with van der Waals surface area (Å²) in [5.41, 5.74) is 7.00. The number of carbonyl (C=O) groups is 1. The third-order valence-electron chi connectivity index (χ3n) is 3.65. The van der Waals surface area contributed by atoms with Crippen molar-refractivity contribution in [2.24, 2.45) is 5.73 Å². The normalized spacial score (nSPS) is 17.0. The Kier molecular flexibility index (Phi) is 6.56. The summed E-state index contributed by atoms with van der Waals surface area (Å²) < 4.78 is 17.9. The fourth-order valence-corrected chi connectivity index (χ4v) is 4.79. The molecule has 1 aliphatic heterocycles. The molecule has 0 saturated heterocycles. The number of ether oxygens (including phenoxy) is 3. The number of halogens is 2. The van der Waals surface area contributed by atoms with Crippen molar-refractivity contribution in [1.82, 2.24) is 0 Å². The van der Waals surface area contributed by atoms with E-state index >= 15 is 0 Å². The second-order valence-corrected chi connectivity index (χ2v) is 7.53. The SMILES string of the molecule is CCOC(=O)C1=C(C)OC(N)=C(C#N)[C@H]1c1cc(I)cc(I)c1OC. The van der Waals surface area contributed by atoms with Crippen molar-refractivity contribution in [3.63, 3.8) is 0 Å². The average Bonchev–Trinajstić information content (AvgIpc) is 2.53. The van der Waals surface area contributed by atoms with Gasteiger partial charge in [0.15, 0.2) is 0 Å². The van der Waals surface area contributed by atoms with Gasteiger partial charge in [-0.15, -0.1) is 0 Å². The number of hydrogen-bond acceptors (Lipinski definition) is 6. The molecule has 0 aromatic heterocycles. The minimum atomic E-state index is -0.712. The number of carbonyl (C=O) groups excluding carboxylic acids is 1. The first-order chi connectivity index (χ1) is 11.8. The predicted molar refractivity (Wildman–Crippen MR) is 108 cm³/mol. The molecule has 1 aliphatic rings. The standard InChI is InChI=1S/C17H16I2N2O4/c1-4-24-17(22)13-8(2)25-16(21)11(7-20)14(13)10-5-9(18)6-12(19)15(10)23-3/h5-6,14H,4,21H2,1-3H3/t14-/m1/s1. The van der Waals surface area contributed by atoms with E-state index in [2.05, 4.69) is 51.3 Å². The van der Waals surface area contributed by atoms with Crippen molar-refractivity contribution in [2.45, 2.75) is 19.8 Å².